The Morgan fingerprint density at radius 1 is 1.00 bits per heavy atom. The maximum atomic E-state index is 11.6. The lowest BCUT2D eigenvalue weighted by Crippen LogP contribution is -2.34. The smallest absolute Gasteiger partial charge is 0.239 e. The van der Waals surface area contributed by atoms with Crippen LogP contribution >= 0.6 is 0 Å². The van der Waals surface area contributed by atoms with E-state index in [9.17, 15) is 13.0 Å². The van der Waals surface area contributed by atoms with E-state index in [-0.39, 0.29) is 4.90 Å². The van der Waals surface area contributed by atoms with E-state index in [2.05, 4.69) is 0 Å². The first-order valence-electron chi connectivity index (χ1n) is 9.37. The Labute approximate surface area is 175 Å². The van der Waals surface area contributed by atoms with Crippen molar-refractivity contribution in [2.24, 2.45) is 0 Å². The SMILES string of the molecule is Cc1c(N)cc2c(nc3ccc(N(C)C)cc3[n+]2-c2cccc(S(=O)(=O)[O-])c2)c1C. The first kappa shape index (κ1) is 20.1. The van der Waals surface area contributed by atoms with Crippen LogP contribution in [-0.4, -0.2) is 32.0 Å². The van der Waals surface area contributed by atoms with Gasteiger partial charge >= 0.3 is 0 Å². The highest BCUT2D eigenvalue weighted by molar-refractivity contribution is 7.85. The predicted molar refractivity (Wildman–Crippen MR) is 117 cm³/mol. The van der Waals surface area contributed by atoms with Gasteiger partial charge in [-0.2, -0.15) is 0 Å². The highest BCUT2D eigenvalue weighted by atomic mass is 32.2. The van der Waals surface area contributed by atoms with Gasteiger partial charge < -0.3 is 15.2 Å². The van der Waals surface area contributed by atoms with Gasteiger partial charge in [0.2, 0.25) is 16.7 Å². The van der Waals surface area contributed by atoms with Gasteiger partial charge in [-0.05, 0) is 43.2 Å². The minimum atomic E-state index is -4.60. The van der Waals surface area contributed by atoms with Crippen LogP contribution < -0.4 is 15.2 Å². The van der Waals surface area contributed by atoms with Crippen molar-refractivity contribution in [2.75, 3.05) is 24.7 Å². The lowest BCUT2D eigenvalue weighted by Gasteiger charge is -2.14. The molecule has 4 aromatic rings. The number of fused-ring (bicyclic) bond motifs is 2. The molecule has 0 atom stereocenters. The molecule has 30 heavy (non-hydrogen) atoms. The number of hydrogen-bond acceptors (Lipinski definition) is 6. The number of benzene rings is 3. The minimum absolute atomic E-state index is 0.286. The highest BCUT2D eigenvalue weighted by Crippen LogP contribution is 2.28. The Balaban J connectivity index is 2.22. The molecule has 0 saturated heterocycles. The third-order valence-electron chi connectivity index (χ3n) is 5.44. The van der Waals surface area contributed by atoms with E-state index in [0.29, 0.717) is 11.4 Å². The van der Waals surface area contributed by atoms with Crippen molar-refractivity contribution in [1.82, 2.24) is 4.98 Å². The molecular formula is C22H22N4O3S. The zero-order valence-corrected chi connectivity index (χ0v) is 18.0. The van der Waals surface area contributed by atoms with Crippen molar-refractivity contribution in [3.05, 3.63) is 59.7 Å². The van der Waals surface area contributed by atoms with E-state index in [4.69, 9.17) is 10.7 Å². The van der Waals surface area contributed by atoms with Crippen LogP contribution in [0.4, 0.5) is 11.4 Å². The average Bonchev–Trinajstić information content (AvgIpc) is 2.70. The maximum absolute atomic E-state index is 11.6. The molecule has 0 aliphatic rings. The Hall–Kier alpha value is -3.23. The zero-order chi connectivity index (χ0) is 21.8. The van der Waals surface area contributed by atoms with Crippen LogP contribution in [0.5, 0.6) is 0 Å². The summed E-state index contributed by atoms with van der Waals surface area (Å²) in [6, 6.07) is 13.7. The maximum Gasteiger partial charge on any atom is 0.239 e. The van der Waals surface area contributed by atoms with Gasteiger partial charge in [0.15, 0.2) is 0 Å². The molecule has 1 aromatic heterocycles. The Bertz CT molecular complexity index is 1430. The van der Waals surface area contributed by atoms with E-state index < -0.39 is 10.1 Å². The largest absolute Gasteiger partial charge is 0.744 e. The van der Waals surface area contributed by atoms with Crippen molar-refractivity contribution in [1.29, 1.82) is 0 Å². The number of rotatable bonds is 3. The molecule has 0 amide bonds. The third kappa shape index (κ3) is 3.24. The number of hydrogen-bond donors (Lipinski definition) is 1. The average molecular weight is 423 g/mol. The van der Waals surface area contributed by atoms with Gasteiger partial charge in [0.25, 0.3) is 0 Å². The van der Waals surface area contributed by atoms with Crippen molar-refractivity contribution in [2.45, 2.75) is 18.7 Å². The number of anilines is 2. The van der Waals surface area contributed by atoms with Gasteiger partial charge in [0.05, 0.1) is 4.90 Å². The van der Waals surface area contributed by atoms with Crippen molar-refractivity contribution >= 4 is 43.6 Å². The second-order valence-corrected chi connectivity index (χ2v) is 8.93. The molecule has 0 fully saturated rings. The normalized spacial score (nSPS) is 11.9. The van der Waals surface area contributed by atoms with Crippen molar-refractivity contribution in [3.63, 3.8) is 0 Å². The van der Waals surface area contributed by atoms with Crippen LogP contribution in [0.2, 0.25) is 0 Å². The van der Waals surface area contributed by atoms with Crippen molar-refractivity contribution in [3.8, 4) is 5.69 Å². The summed E-state index contributed by atoms with van der Waals surface area (Å²) in [7, 11) is -0.715. The second kappa shape index (κ2) is 6.93. The van der Waals surface area contributed by atoms with E-state index in [1.165, 1.54) is 12.1 Å². The quantitative estimate of drug-likeness (QED) is 0.236. The fraction of sp³-hybridized carbons (Fsp3) is 0.182. The molecule has 0 aliphatic carbocycles. The summed E-state index contributed by atoms with van der Waals surface area (Å²) in [6.45, 7) is 3.91. The molecule has 0 unspecified atom stereocenters. The molecule has 1 heterocycles. The summed E-state index contributed by atoms with van der Waals surface area (Å²) in [5.41, 5.74) is 13.3. The third-order valence-corrected chi connectivity index (χ3v) is 6.27. The Morgan fingerprint density at radius 3 is 2.40 bits per heavy atom. The number of nitrogens with zero attached hydrogens (tertiary/aromatic N) is 3. The van der Waals surface area contributed by atoms with Gasteiger partial charge in [-0.15, -0.1) is 4.57 Å². The molecule has 0 aliphatic heterocycles. The molecule has 0 radical (unpaired) electrons. The van der Waals surface area contributed by atoms with Crippen molar-refractivity contribution < 1.29 is 17.5 Å². The summed E-state index contributed by atoms with van der Waals surface area (Å²) in [5, 5.41) is 0. The predicted octanol–water partition coefficient (Wildman–Crippen LogP) is 2.83. The standard InChI is InChI=1S/C22H22N4O3S/c1-13-14(2)22-21(12-18(13)23)26(16-6-5-7-17(10-16)30(27,28)29)20-11-15(25(3)4)8-9-19(20)24-22/h5-12,23H,1-4H3,(H,27,28,29). The fourth-order valence-electron chi connectivity index (χ4n) is 3.59. The molecule has 2 N–H and O–H groups in total. The van der Waals surface area contributed by atoms with Crippen LogP contribution in [0.1, 0.15) is 11.1 Å². The second-order valence-electron chi connectivity index (χ2n) is 7.55. The molecule has 4 rings (SSSR count). The lowest BCUT2D eigenvalue weighted by atomic mass is 10.0. The van der Waals surface area contributed by atoms with E-state index in [1.807, 2.05) is 61.7 Å². The van der Waals surface area contributed by atoms with E-state index in [1.54, 1.807) is 12.1 Å². The molecule has 8 heteroatoms. The van der Waals surface area contributed by atoms with Crippen LogP contribution in [-0.2, 0) is 10.1 Å². The molecule has 154 valence electrons. The first-order valence-corrected chi connectivity index (χ1v) is 10.8. The van der Waals surface area contributed by atoms with Gasteiger partial charge in [-0.3, -0.25) is 0 Å². The number of aryl methyl sites for hydroxylation is 1. The molecule has 0 bridgehead atoms. The summed E-state index contributed by atoms with van der Waals surface area (Å²) >= 11 is 0. The lowest BCUT2D eigenvalue weighted by molar-refractivity contribution is -0.538. The summed E-state index contributed by atoms with van der Waals surface area (Å²) in [6.07, 6.45) is 0. The van der Waals surface area contributed by atoms with E-state index >= 15 is 0 Å². The van der Waals surface area contributed by atoms with Crippen LogP contribution in [0.3, 0.4) is 0 Å². The van der Waals surface area contributed by atoms with Gasteiger partial charge in [0, 0.05) is 49.7 Å². The zero-order valence-electron chi connectivity index (χ0n) is 17.2. The molecule has 0 saturated carbocycles. The van der Waals surface area contributed by atoms with Gasteiger partial charge in [-0.25, -0.2) is 13.4 Å². The van der Waals surface area contributed by atoms with Gasteiger partial charge in [0.1, 0.15) is 21.2 Å². The number of nitrogens with two attached hydrogens (primary N) is 1. The Kier molecular flexibility index (Phi) is 4.63. The van der Waals surface area contributed by atoms with Gasteiger partial charge in [-0.1, -0.05) is 6.07 Å². The van der Waals surface area contributed by atoms with Crippen LogP contribution in [0.25, 0.3) is 27.8 Å². The molecular weight excluding hydrogens is 400 g/mol. The molecule has 7 nitrogen and oxygen atoms in total. The highest BCUT2D eigenvalue weighted by Gasteiger charge is 2.23. The molecule has 3 aromatic carbocycles. The fourth-order valence-corrected chi connectivity index (χ4v) is 4.10. The van der Waals surface area contributed by atoms with E-state index in [0.717, 1.165) is 38.9 Å². The topological polar surface area (TPSA) is 103 Å². The summed E-state index contributed by atoms with van der Waals surface area (Å²) in [5.74, 6) is 0. The molecule has 0 spiro atoms. The monoisotopic (exact) mass is 422 g/mol. The summed E-state index contributed by atoms with van der Waals surface area (Å²) in [4.78, 5) is 6.55. The minimum Gasteiger partial charge on any atom is -0.744 e. The summed E-state index contributed by atoms with van der Waals surface area (Å²) < 4.78 is 36.8. The van der Waals surface area contributed by atoms with Crippen LogP contribution in [0.15, 0.2) is 53.4 Å². The van der Waals surface area contributed by atoms with Crippen LogP contribution in [0, 0.1) is 13.8 Å². The number of nitrogen functional groups attached to an aromatic ring is 1. The number of aromatic nitrogens is 2. The first-order chi connectivity index (χ1) is 14.1. The Morgan fingerprint density at radius 2 is 1.73 bits per heavy atom.